The normalized spacial score (nSPS) is 14.5. The third-order valence-corrected chi connectivity index (χ3v) is 3.36. The summed E-state index contributed by atoms with van der Waals surface area (Å²) in [5.41, 5.74) is 0.436. The summed E-state index contributed by atoms with van der Waals surface area (Å²) in [7, 11) is 0. The first-order chi connectivity index (χ1) is 10.0. The Labute approximate surface area is 127 Å². The van der Waals surface area contributed by atoms with Gasteiger partial charge in [0.15, 0.2) is 5.11 Å². The Morgan fingerprint density at radius 2 is 1.95 bits per heavy atom. The molecule has 0 N–H and O–H groups in total. The van der Waals surface area contributed by atoms with Crippen molar-refractivity contribution in [1.82, 2.24) is 9.80 Å². The van der Waals surface area contributed by atoms with Crippen LogP contribution in [0.2, 0.25) is 0 Å². The van der Waals surface area contributed by atoms with Crippen LogP contribution in [-0.2, 0) is 14.3 Å². The summed E-state index contributed by atoms with van der Waals surface area (Å²) >= 11 is 5.12. The van der Waals surface area contributed by atoms with E-state index >= 15 is 0 Å². The van der Waals surface area contributed by atoms with Crippen LogP contribution in [-0.4, -0.2) is 52.4 Å². The minimum absolute atomic E-state index is 0.0295. The van der Waals surface area contributed by atoms with Gasteiger partial charge >= 0.3 is 5.97 Å². The van der Waals surface area contributed by atoms with Crippen LogP contribution < -0.4 is 0 Å². The molecule has 1 aromatic rings. The number of carbonyl (C=O) groups excluding carboxylic acids is 3. The highest BCUT2D eigenvalue weighted by Gasteiger charge is 2.38. The number of hydrogen-bond acceptors (Lipinski definition) is 5. The van der Waals surface area contributed by atoms with Crippen molar-refractivity contribution in [2.24, 2.45) is 0 Å². The van der Waals surface area contributed by atoms with Gasteiger partial charge in [-0.25, -0.2) is 0 Å². The number of hydrogen-bond donors (Lipinski definition) is 0. The molecule has 1 aliphatic heterocycles. The molecule has 1 heterocycles. The van der Waals surface area contributed by atoms with Crippen molar-refractivity contribution in [1.29, 1.82) is 0 Å². The lowest BCUT2D eigenvalue weighted by Crippen LogP contribution is -2.39. The van der Waals surface area contributed by atoms with E-state index in [4.69, 9.17) is 17.0 Å². The van der Waals surface area contributed by atoms with Crippen LogP contribution in [0.3, 0.4) is 0 Å². The first-order valence-corrected chi connectivity index (χ1v) is 6.82. The standard InChI is InChI=1S/C14H14N2O4S/c1-2-20-12(18)9-15-11(17)8-16(14(15)21)13(19)10-6-4-3-5-7-10/h3-7H,2,8-9H2,1H3. The van der Waals surface area contributed by atoms with Gasteiger partial charge in [0.2, 0.25) is 5.91 Å². The van der Waals surface area contributed by atoms with E-state index in [-0.39, 0.29) is 30.7 Å². The molecule has 21 heavy (non-hydrogen) atoms. The second-order valence-electron chi connectivity index (χ2n) is 4.32. The highest BCUT2D eigenvalue weighted by Crippen LogP contribution is 2.15. The summed E-state index contributed by atoms with van der Waals surface area (Å²) in [6.45, 7) is 1.46. The predicted molar refractivity (Wildman–Crippen MR) is 78.4 cm³/mol. The minimum Gasteiger partial charge on any atom is -0.465 e. The molecule has 1 fully saturated rings. The van der Waals surface area contributed by atoms with Crippen molar-refractivity contribution < 1.29 is 19.1 Å². The molecule has 0 saturated carbocycles. The number of rotatable bonds is 4. The van der Waals surface area contributed by atoms with E-state index in [2.05, 4.69) is 0 Å². The highest BCUT2D eigenvalue weighted by molar-refractivity contribution is 7.80. The van der Waals surface area contributed by atoms with E-state index in [1.165, 1.54) is 4.90 Å². The Bertz CT molecular complexity index is 588. The summed E-state index contributed by atoms with van der Waals surface area (Å²) in [5, 5.41) is 0.0295. The SMILES string of the molecule is CCOC(=O)CN1C(=O)CN(C(=O)c2ccccc2)C1=S. The Hall–Kier alpha value is -2.28. The maximum atomic E-state index is 12.3. The molecule has 1 saturated heterocycles. The Morgan fingerprint density at radius 1 is 1.29 bits per heavy atom. The fourth-order valence-electron chi connectivity index (χ4n) is 1.93. The van der Waals surface area contributed by atoms with Gasteiger partial charge < -0.3 is 4.74 Å². The van der Waals surface area contributed by atoms with Crippen molar-refractivity contribution >= 4 is 35.1 Å². The summed E-state index contributed by atoms with van der Waals surface area (Å²) < 4.78 is 4.78. The van der Waals surface area contributed by atoms with Gasteiger partial charge in [0, 0.05) is 5.56 Å². The van der Waals surface area contributed by atoms with Crippen LogP contribution in [0.1, 0.15) is 17.3 Å². The van der Waals surface area contributed by atoms with E-state index < -0.39 is 11.9 Å². The zero-order valence-corrected chi connectivity index (χ0v) is 12.3. The van der Waals surface area contributed by atoms with Crippen LogP contribution >= 0.6 is 12.2 Å². The largest absolute Gasteiger partial charge is 0.465 e. The van der Waals surface area contributed by atoms with Crippen molar-refractivity contribution in [3.63, 3.8) is 0 Å². The van der Waals surface area contributed by atoms with Gasteiger partial charge in [-0.1, -0.05) is 18.2 Å². The molecule has 6 nitrogen and oxygen atoms in total. The molecule has 0 aliphatic carbocycles. The molecule has 1 aromatic carbocycles. The first kappa shape index (κ1) is 15.1. The Kier molecular flexibility index (Phi) is 4.64. The smallest absolute Gasteiger partial charge is 0.326 e. The van der Waals surface area contributed by atoms with Crippen LogP contribution in [0.5, 0.6) is 0 Å². The zero-order valence-electron chi connectivity index (χ0n) is 11.4. The molecule has 0 unspecified atom stereocenters. The van der Waals surface area contributed by atoms with Crippen LogP contribution in [0.4, 0.5) is 0 Å². The average Bonchev–Trinajstić information content (AvgIpc) is 2.76. The quantitative estimate of drug-likeness (QED) is 0.608. The lowest BCUT2D eigenvalue weighted by atomic mass is 10.2. The summed E-state index contributed by atoms with van der Waals surface area (Å²) in [5.74, 6) is -1.31. The summed E-state index contributed by atoms with van der Waals surface area (Å²) in [4.78, 5) is 37.9. The predicted octanol–water partition coefficient (Wildman–Crippen LogP) is 0.819. The number of carbonyl (C=O) groups is 3. The molecule has 2 rings (SSSR count). The Balaban J connectivity index is 2.11. The fourth-order valence-corrected chi connectivity index (χ4v) is 2.24. The Morgan fingerprint density at radius 3 is 2.57 bits per heavy atom. The third kappa shape index (κ3) is 3.25. The van der Waals surface area contributed by atoms with Gasteiger partial charge in [-0.3, -0.25) is 24.2 Å². The number of ether oxygens (including phenoxy) is 1. The van der Waals surface area contributed by atoms with Gasteiger partial charge in [0.05, 0.1) is 6.61 Å². The van der Waals surface area contributed by atoms with Crippen molar-refractivity contribution in [2.75, 3.05) is 19.7 Å². The van der Waals surface area contributed by atoms with Crippen molar-refractivity contribution in [3.05, 3.63) is 35.9 Å². The van der Waals surface area contributed by atoms with E-state index in [9.17, 15) is 14.4 Å². The topological polar surface area (TPSA) is 66.9 Å². The molecule has 0 radical (unpaired) electrons. The highest BCUT2D eigenvalue weighted by atomic mass is 32.1. The number of benzene rings is 1. The molecular weight excluding hydrogens is 292 g/mol. The number of amides is 2. The molecule has 1 aliphatic rings. The van der Waals surface area contributed by atoms with E-state index in [1.807, 2.05) is 0 Å². The molecule has 0 atom stereocenters. The third-order valence-electron chi connectivity index (χ3n) is 2.91. The van der Waals surface area contributed by atoms with E-state index in [1.54, 1.807) is 37.3 Å². The maximum absolute atomic E-state index is 12.3. The monoisotopic (exact) mass is 306 g/mol. The molecule has 0 spiro atoms. The van der Waals surface area contributed by atoms with Gasteiger partial charge in [-0.15, -0.1) is 0 Å². The van der Waals surface area contributed by atoms with Gasteiger partial charge in [-0.05, 0) is 31.3 Å². The van der Waals surface area contributed by atoms with Gasteiger partial charge in [0.25, 0.3) is 5.91 Å². The van der Waals surface area contributed by atoms with Gasteiger partial charge in [-0.2, -0.15) is 0 Å². The number of nitrogens with zero attached hydrogens (tertiary/aromatic N) is 2. The second kappa shape index (κ2) is 6.45. The molecule has 0 aromatic heterocycles. The fraction of sp³-hybridized carbons (Fsp3) is 0.286. The molecule has 0 bridgehead atoms. The summed E-state index contributed by atoms with van der Waals surface area (Å²) in [6, 6.07) is 8.53. The lowest BCUT2D eigenvalue weighted by Gasteiger charge is -2.18. The first-order valence-electron chi connectivity index (χ1n) is 6.41. The lowest BCUT2D eigenvalue weighted by molar-refractivity contribution is -0.145. The van der Waals surface area contributed by atoms with Gasteiger partial charge in [0.1, 0.15) is 13.1 Å². The minimum atomic E-state index is -0.554. The average molecular weight is 306 g/mol. The molecule has 7 heteroatoms. The number of esters is 1. The summed E-state index contributed by atoms with van der Waals surface area (Å²) in [6.07, 6.45) is 0. The molecule has 110 valence electrons. The van der Waals surface area contributed by atoms with E-state index in [0.717, 1.165) is 4.90 Å². The number of thiocarbonyl (C=S) groups is 1. The van der Waals surface area contributed by atoms with E-state index in [0.29, 0.717) is 5.56 Å². The van der Waals surface area contributed by atoms with Crippen molar-refractivity contribution in [3.8, 4) is 0 Å². The van der Waals surface area contributed by atoms with Crippen LogP contribution in [0, 0.1) is 0 Å². The molecular formula is C14H14N2O4S. The molecule has 2 amide bonds. The second-order valence-corrected chi connectivity index (χ2v) is 4.69. The van der Waals surface area contributed by atoms with Crippen molar-refractivity contribution in [2.45, 2.75) is 6.92 Å². The zero-order chi connectivity index (χ0) is 15.4. The maximum Gasteiger partial charge on any atom is 0.326 e. The van der Waals surface area contributed by atoms with Crippen LogP contribution in [0.25, 0.3) is 0 Å². The van der Waals surface area contributed by atoms with Crippen LogP contribution in [0.15, 0.2) is 30.3 Å².